The van der Waals surface area contributed by atoms with Gasteiger partial charge in [-0.05, 0) is 41.0 Å². The fourth-order valence-electron chi connectivity index (χ4n) is 4.73. The number of benzene rings is 3. The molecule has 2 heterocycles. The summed E-state index contributed by atoms with van der Waals surface area (Å²) >= 11 is 6.01. The number of alkyl halides is 2. The van der Waals surface area contributed by atoms with E-state index in [-0.39, 0.29) is 17.5 Å². The molecule has 37 heavy (non-hydrogen) atoms. The molecule has 5 rings (SSSR count). The van der Waals surface area contributed by atoms with Crippen molar-refractivity contribution >= 4 is 32.4 Å². The van der Waals surface area contributed by atoms with Gasteiger partial charge in [-0.25, -0.2) is 27.1 Å². The number of aromatic nitrogens is 2. The molecule has 0 radical (unpaired) electrons. The van der Waals surface area contributed by atoms with Crippen molar-refractivity contribution in [1.82, 2.24) is 14.9 Å². The molecule has 0 amide bonds. The first-order chi connectivity index (χ1) is 17.5. The SMILES string of the molecule is Cc1cccc2cccc([C@@H](C)[C@H](NS(=O)(=O)c3ccc(Cl)c4c3OCCC4(F)F)c3n[nH]c(=O)o3)c12. The Morgan fingerprint density at radius 2 is 1.89 bits per heavy atom. The number of ether oxygens (including phenoxy) is 1. The van der Waals surface area contributed by atoms with E-state index in [2.05, 4.69) is 14.9 Å². The highest BCUT2D eigenvalue weighted by molar-refractivity contribution is 7.89. The van der Waals surface area contributed by atoms with Gasteiger partial charge in [0, 0.05) is 5.92 Å². The van der Waals surface area contributed by atoms with E-state index < -0.39 is 56.3 Å². The van der Waals surface area contributed by atoms with E-state index in [0.29, 0.717) is 0 Å². The number of nitrogens with one attached hydrogen (secondary N) is 2. The summed E-state index contributed by atoms with van der Waals surface area (Å²) in [6, 6.07) is 12.4. The Morgan fingerprint density at radius 3 is 2.59 bits per heavy atom. The van der Waals surface area contributed by atoms with Crippen molar-refractivity contribution in [3.8, 4) is 5.75 Å². The van der Waals surface area contributed by atoms with Crippen LogP contribution in [0.5, 0.6) is 5.75 Å². The van der Waals surface area contributed by atoms with E-state index in [1.54, 1.807) is 6.92 Å². The van der Waals surface area contributed by atoms with Gasteiger partial charge in [0.05, 0.1) is 23.6 Å². The van der Waals surface area contributed by atoms with Crippen LogP contribution in [0.15, 0.2) is 62.6 Å². The molecule has 2 atom stereocenters. The first-order valence-corrected chi connectivity index (χ1v) is 13.3. The van der Waals surface area contributed by atoms with Crippen LogP contribution in [0.2, 0.25) is 5.02 Å². The highest BCUT2D eigenvalue weighted by atomic mass is 35.5. The van der Waals surface area contributed by atoms with E-state index in [4.69, 9.17) is 20.8 Å². The average Bonchev–Trinajstić information content (AvgIpc) is 3.27. The summed E-state index contributed by atoms with van der Waals surface area (Å²) < 4.78 is 69.6. The summed E-state index contributed by atoms with van der Waals surface area (Å²) in [5, 5.41) is 7.57. The van der Waals surface area contributed by atoms with Crippen LogP contribution >= 0.6 is 11.6 Å². The number of nitrogens with zero attached hydrogens (tertiary/aromatic N) is 1. The minimum atomic E-state index is -4.51. The fourth-order valence-corrected chi connectivity index (χ4v) is 6.44. The largest absolute Gasteiger partial charge is 0.491 e. The molecule has 0 aliphatic carbocycles. The molecule has 4 aromatic rings. The van der Waals surface area contributed by atoms with Crippen molar-refractivity contribution in [2.45, 2.75) is 43.0 Å². The van der Waals surface area contributed by atoms with Crippen molar-refractivity contribution in [3.05, 3.63) is 86.7 Å². The Morgan fingerprint density at radius 1 is 1.16 bits per heavy atom. The van der Waals surface area contributed by atoms with Crippen molar-refractivity contribution in [2.24, 2.45) is 0 Å². The molecule has 8 nitrogen and oxygen atoms in total. The molecule has 0 spiro atoms. The Bertz CT molecular complexity index is 1660. The van der Waals surface area contributed by atoms with Gasteiger partial charge in [-0.2, -0.15) is 4.72 Å². The van der Waals surface area contributed by atoms with E-state index in [9.17, 15) is 22.0 Å². The molecule has 1 aromatic heterocycles. The van der Waals surface area contributed by atoms with Crippen molar-refractivity contribution in [3.63, 3.8) is 0 Å². The zero-order valence-corrected chi connectivity index (χ0v) is 21.3. The molecule has 3 aromatic carbocycles. The zero-order valence-electron chi connectivity index (χ0n) is 19.7. The third-order valence-corrected chi connectivity index (χ3v) is 8.31. The van der Waals surface area contributed by atoms with Gasteiger partial charge in [0.2, 0.25) is 15.9 Å². The molecule has 2 N–H and O–H groups in total. The van der Waals surface area contributed by atoms with Crippen molar-refractivity contribution in [1.29, 1.82) is 0 Å². The fraction of sp³-hybridized carbons (Fsp3) is 0.280. The molecule has 194 valence electrons. The van der Waals surface area contributed by atoms with Gasteiger partial charge in [0.25, 0.3) is 5.92 Å². The first-order valence-electron chi connectivity index (χ1n) is 11.4. The summed E-state index contributed by atoms with van der Waals surface area (Å²) in [5.41, 5.74) is 1.06. The second kappa shape index (κ2) is 9.23. The maximum atomic E-state index is 14.6. The smallest absolute Gasteiger partial charge is 0.434 e. The molecule has 0 saturated carbocycles. The van der Waals surface area contributed by atoms with Crippen LogP contribution in [0, 0.1) is 6.92 Å². The van der Waals surface area contributed by atoms with E-state index in [1.807, 2.05) is 43.3 Å². The molecule has 0 bridgehead atoms. The lowest BCUT2D eigenvalue weighted by Crippen LogP contribution is -2.34. The van der Waals surface area contributed by atoms with E-state index in [1.165, 1.54) is 0 Å². The normalized spacial score (nSPS) is 16.7. The lowest BCUT2D eigenvalue weighted by atomic mass is 9.88. The van der Waals surface area contributed by atoms with Gasteiger partial charge < -0.3 is 9.15 Å². The molecular formula is C25H22ClF2N3O5S. The molecule has 0 unspecified atom stereocenters. The second-order valence-electron chi connectivity index (χ2n) is 8.91. The van der Waals surface area contributed by atoms with Crippen LogP contribution in [0.3, 0.4) is 0 Å². The Labute approximate surface area is 215 Å². The molecule has 1 aliphatic heterocycles. The highest BCUT2D eigenvalue weighted by Gasteiger charge is 2.43. The average molecular weight is 550 g/mol. The lowest BCUT2D eigenvalue weighted by molar-refractivity contribution is -0.0413. The number of hydrogen-bond donors (Lipinski definition) is 2. The zero-order chi connectivity index (χ0) is 26.5. The van der Waals surface area contributed by atoms with E-state index in [0.717, 1.165) is 34.0 Å². The minimum absolute atomic E-state index is 0.208. The van der Waals surface area contributed by atoms with Gasteiger partial charge in [0.15, 0.2) is 0 Å². The number of aromatic amines is 1. The maximum Gasteiger partial charge on any atom is 0.434 e. The summed E-state index contributed by atoms with van der Waals surface area (Å²) in [6.07, 6.45) is -0.630. The summed E-state index contributed by atoms with van der Waals surface area (Å²) in [6.45, 7) is 3.31. The standard InChI is InChI=1S/C25H22ClF2N3O5S/c1-13-5-3-6-15-7-4-8-16(19(13)15)14(2)21(23-29-30-24(32)36-23)31-37(33,34)18-10-9-17(26)20-22(18)35-12-11-25(20,27)28/h3-10,14,21,31H,11-12H2,1-2H3,(H,30,32)/t14-,21+/m1/s1. The third kappa shape index (κ3) is 4.51. The third-order valence-electron chi connectivity index (χ3n) is 6.53. The van der Waals surface area contributed by atoms with Crippen LogP contribution in [0.1, 0.15) is 47.9 Å². The summed E-state index contributed by atoms with van der Waals surface area (Å²) in [4.78, 5) is 11.3. The van der Waals surface area contributed by atoms with Crippen LogP contribution < -0.4 is 15.2 Å². The monoisotopic (exact) mass is 549 g/mol. The molecule has 0 saturated heterocycles. The van der Waals surface area contributed by atoms with Gasteiger partial charge >= 0.3 is 5.76 Å². The van der Waals surface area contributed by atoms with Gasteiger partial charge in [-0.15, -0.1) is 5.10 Å². The van der Waals surface area contributed by atoms with Gasteiger partial charge in [-0.3, -0.25) is 0 Å². The lowest BCUT2D eigenvalue weighted by Gasteiger charge is -2.29. The van der Waals surface area contributed by atoms with Gasteiger partial charge in [-0.1, -0.05) is 54.9 Å². The van der Waals surface area contributed by atoms with E-state index >= 15 is 0 Å². The number of hydrogen-bond acceptors (Lipinski definition) is 6. The number of rotatable bonds is 6. The minimum Gasteiger partial charge on any atom is -0.491 e. The predicted octanol–water partition coefficient (Wildman–Crippen LogP) is 5.18. The number of H-pyrrole nitrogens is 1. The Kier molecular flexibility index (Phi) is 6.33. The maximum absolute atomic E-state index is 14.6. The number of aryl methyl sites for hydroxylation is 1. The van der Waals surface area contributed by atoms with Crippen LogP contribution in [0.4, 0.5) is 8.78 Å². The Balaban J connectivity index is 1.63. The van der Waals surface area contributed by atoms with Crippen LogP contribution in [-0.2, 0) is 15.9 Å². The molecule has 0 fully saturated rings. The predicted molar refractivity (Wildman–Crippen MR) is 133 cm³/mol. The Hall–Kier alpha value is -3.28. The number of sulfonamides is 1. The van der Waals surface area contributed by atoms with Crippen LogP contribution in [0.25, 0.3) is 10.8 Å². The highest BCUT2D eigenvalue weighted by Crippen LogP contribution is 2.48. The first kappa shape index (κ1) is 25.4. The van der Waals surface area contributed by atoms with Crippen LogP contribution in [-0.4, -0.2) is 25.2 Å². The molecule has 1 aliphatic rings. The molecule has 12 heteroatoms. The van der Waals surface area contributed by atoms with Crippen molar-refractivity contribution in [2.75, 3.05) is 6.61 Å². The second-order valence-corrected chi connectivity index (χ2v) is 11.0. The summed E-state index contributed by atoms with van der Waals surface area (Å²) in [7, 11) is -4.51. The summed E-state index contributed by atoms with van der Waals surface area (Å²) in [5.74, 6) is -5.55. The van der Waals surface area contributed by atoms with Gasteiger partial charge in [0.1, 0.15) is 16.7 Å². The van der Waals surface area contributed by atoms with Crippen molar-refractivity contribution < 1.29 is 26.4 Å². The molecular weight excluding hydrogens is 528 g/mol. The topological polar surface area (TPSA) is 114 Å². The number of halogens is 3. The quantitative estimate of drug-likeness (QED) is 0.343. The number of fused-ring (bicyclic) bond motifs is 2.